The molecule has 12 nitrogen and oxygen atoms in total. The zero-order valence-corrected chi connectivity index (χ0v) is 17.1. The summed E-state index contributed by atoms with van der Waals surface area (Å²) in [6.45, 7) is 3.54. The van der Waals surface area contributed by atoms with Crippen LogP contribution in [0.2, 0.25) is 0 Å². The second-order valence-corrected chi connectivity index (χ2v) is 5.03. The van der Waals surface area contributed by atoms with E-state index in [1.165, 1.54) is 0 Å². The fourth-order valence-electron chi connectivity index (χ4n) is 1.33. The number of esters is 4. The molecule has 168 valence electrons. The van der Waals surface area contributed by atoms with Gasteiger partial charge in [0.15, 0.2) is 27.2 Å². The van der Waals surface area contributed by atoms with Gasteiger partial charge in [0.05, 0.1) is 0 Å². The molecule has 0 aliphatic rings. The highest BCUT2D eigenvalue weighted by Crippen LogP contribution is 2.19. The van der Waals surface area contributed by atoms with Crippen LogP contribution < -0.4 is 0 Å². The Balaban J connectivity index is 5.14. The molecule has 0 saturated carbocycles. The number of hydrogen-bond acceptors (Lipinski definition) is 12. The highest BCUT2D eigenvalue weighted by Gasteiger charge is 2.38. The molecule has 0 radical (unpaired) electrons. The molecule has 0 rings (SSSR count). The Kier molecular flexibility index (Phi) is 14.4. The molecule has 0 aromatic carbocycles. The fraction of sp³-hybridized carbons (Fsp3) is 0.765. The van der Waals surface area contributed by atoms with Crippen molar-refractivity contribution in [3.8, 4) is 0 Å². The third-order valence-corrected chi connectivity index (χ3v) is 2.98. The molecule has 0 heterocycles. The first-order valence-electron chi connectivity index (χ1n) is 9.00. The lowest BCUT2D eigenvalue weighted by molar-refractivity contribution is -0.530. The van der Waals surface area contributed by atoms with Crippen molar-refractivity contribution in [1.82, 2.24) is 0 Å². The molecular formula is C17H28O12. The Bertz CT molecular complexity index is 425. The molecule has 0 spiro atoms. The van der Waals surface area contributed by atoms with Crippen LogP contribution in [0.3, 0.4) is 0 Å². The predicted molar refractivity (Wildman–Crippen MR) is 92.1 cm³/mol. The minimum atomic E-state index is -2.47. The van der Waals surface area contributed by atoms with E-state index in [1.54, 1.807) is 27.7 Å². The van der Waals surface area contributed by atoms with Gasteiger partial charge in [-0.15, -0.1) is 0 Å². The molecule has 0 atom stereocenters. The van der Waals surface area contributed by atoms with Crippen molar-refractivity contribution in [2.24, 2.45) is 0 Å². The summed E-state index contributed by atoms with van der Waals surface area (Å²) in [5, 5.41) is 0. The molecule has 0 fully saturated rings. The van der Waals surface area contributed by atoms with Crippen molar-refractivity contribution in [3.05, 3.63) is 0 Å². The van der Waals surface area contributed by atoms with Crippen molar-refractivity contribution < 1.29 is 57.1 Å². The van der Waals surface area contributed by atoms with Gasteiger partial charge in [0.1, 0.15) is 0 Å². The molecule has 0 unspecified atom stereocenters. The maximum atomic E-state index is 11.3. The summed E-state index contributed by atoms with van der Waals surface area (Å²) < 4.78 is 39.7. The molecule has 0 aromatic rings. The average molecular weight is 424 g/mol. The van der Waals surface area contributed by atoms with Crippen LogP contribution in [0.15, 0.2) is 0 Å². The third kappa shape index (κ3) is 12.7. The lowest BCUT2D eigenvalue weighted by Gasteiger charge is -2.30. The van der Waals surface area contributed by atoms with Gasteiger partial charge in [-0.2, -0.15) is 0 Å². The van der Waals surface area contributed by atoms with Crippen LogP contribution in [-0.4, -0.2) is 57.2 Å². The monoisotopic (exact) mass is 424 g/mol. The number of ether oxygens (including phenoxy) is 8. The number of carbonyl (C=O) groups is 4. The highest BCUT2D eigenvalue weighted by molar-refractivity contribution is 5.69. The Morgan fingerprint density at radius 3 is 0.862 bits per heavy atom. The largest absolute Gasteiger partial charge is 0.438 e. The van der Waals surface area contributed by atoms with E-state index in [9.17, 15) is 19.2 Å². The van der Waals surface area contributed by atoms with Gasteiger partial charge in [0, 0.05) is 25.7 Å². The van der Waals surface area contributed by atoms with Gasteiger partial charge in [-0.3, -0.25) is 38.1 Å². The van der Waals surface area contributed by atoms with Crippen molar-refractivity contribution in [1.29, 1.82) is 0 Å². The Hall–Kier alpha value is -2.28. The Labute approximate surface area is 168 Å². The maximum Gasteiger partial charge on any atom is 0.424 e. The van der Waals surface area contributed by atoms with Crippen LogP contribution in [0.1, 0.15) is 53.4 Å². The van der Waals surface area contributed by atoms with Crippen LogP contribution in [0.4, 0.5) is 0 Å². The van der Waals surface area contributed by atoms with E-state index in [0.717, 1.165) is 0 Å². The molecule has 0 N–H and O–H groups in total. The molecule has 0 aliphatic carbocycles. The van der Waals surface area contributed by atoms with Crippen LogP contribution in [0, 0.1) is 0 Å². The molecular weight excluding hydrogens is 396 g/mol. The van der Waals surface area contributed by atoms with Crippen LogP contribution in [-0.2, 0) is 57.1 Å². The van der Waals surface area contributed by atoms with Crippen molar-refractivity contribution in [3.63, 3.8) is 0 Å². The molecule has 0 amide bonds. The van der Waals surface area contributed by atoms with E-state index in [1.807, 2.05) is 0 Å². The molecule has 0 aliphatic heterocycles. The van der Waals surface area contributed by atoms with Crippen molar-refractivity contribution >= 4 is 23.9 Å². The second kappa shape index (κ2) is 15.6. The lowest BCUT2D eigenvalue weighted by Crippen LogP contribution is -2.45. The van der Waals surface area contributed by atoms with E-state index in [4.69, 9.17) is 37.9 Å². The summed E-state index contributed by atoms with van der Waals surface area (Å²) in [6, 6.07) is 0. The number of hydrogen-bond donors (Lipinski definition) is 0. The first-order valence-corrected chi connectivity index (χ1v) is 9.00. The van der Waals surface area contributed by atoms with Gasteiger partial charge < -0.3 is 18.9 Å². The van der Waals surface area contributed by atoms with E-state index < -0.39 is 57.2 Å². The zero-order valence-electron chi connectivity index (χ0n) is 17.1. The molecule has 0 saturated heterocycles. The van der Waals surface area contributed by atoms with Crippen molar-refractivity contribution in [2.75, 3.05) is 27.2 Å². The zero-order chi connectivity index (χ0) is 22.1. The minimum absolute atomic E-state index is 0.0786. The quantitative estimate of drug-likeness (QED) is 0.200. The Morgan fingerprint density at radius 2 is 0.690 bits per heavy atom. The van der Waals surface area contributed by atoms with Gasteiger partial charge in [0.25, 0.3) is 0 Å². The normalized spacial score (nSPS) is 10.9. The minimum Gasteiger partial charge on any atom is -0.438 e. The standard InChI is InChI=1S/C17H28O12/c1-5-13(18)22-9-26-17(27-10-23-14(19)6-2,28-11-24-15(20)7-3)29-12-25-16(21)8-4/h5-12H2,1-4H3. The summed E-state index contributed by atoms with van der Waals surface area (Å²) >= 11 is 0. The van der Waals surface area contributed by atoms with Crippen LogP contribution in [0.25, 0.3) is 0 Å². The fourth-order valence-corrected chi connectivity index (χ4v) is 1.33. The summed E-state index contributed by atoms with van der Waals surface area (Å²) in [7, 11) is 0. The van der Waals surface area contributed by atoms with Crippen LogP contribution >= 0.6 is 0 Å². The maximum absolute atomic E-state index is 11.3. The van der Waals surface area contributed by atoms with Crippen molar-refractivity contribution in [2.45, 2.75) is 59.5 Å². The van der Waals surface area contributed by atoms with E-state index >= 15 is 0 Å². The van der Waals surface area contributed by atoms with E-state index in [0.29, 0.717) is 0 Å². The average Bonchev–Trinajstić information content (AvgIpc) is 2.72. The van der Waals surface area contributed by atoms with E-state index in [-0.39, 0.29) is 25.7 Å². The number of carbonyl (C=O) groups excluding carboxylic acids is 4. The predicted octanol–water partition coefficient (Wildman–Crippen LogP) is 1.31. The second-order valence-electron chi connectivity index (χ2n) is 5.03. The molecule has 0 aromatic heterocycles. The Morgan fingerprint density at radius 1 is 0.483 bits per heavy atom. The smallest absolute Gasteiger partial charge is 0.424 e. The molecule has 0 bridgehead atoms. The first-order chi connectivity index (χ1) is 13.8. The molecule has 29 heavy (non-hydrogen) atoms. The van der Waals surface area contributed by atoms with E-state index in [2.05, 4.69) is 0 Å². The summed E-state index contributed by atoms with van der Waals surface area (Å²) in [5.41, 5.74) is 0. The third-order valence-electron chi connectivity index (χ3n) is 2.98. The summed E-state index contributed by atoms with van der Waals surface area (Å²) in [6.07, 6.45) is -2.15. The SMILES string of the molecule is CCC(=O)OCOC(OCOC(=O)CC)(OCOC(=O)CC)OCOC(=O)CC. The van der Waals surface area contributed by atoms with Gasteiger partial charge in [-0.1, -0.05) is 27.7 Å². The van der Waals surface area contributed by atoms with Gasteiger partial charge in [0.2, 0.25) is 0 Å². The van der Waals surface area contributed by atoms with Gasteiger partial charge in [-0.25, -0.2) is 0 Å². The summed E-state index contributed by atoms with van der Waals surface area (Å²) in [4.78, 5) is 45.2. The lowest BCUT2D eigenvalue weighted by atomic mass is 10.5. The number of rotatable bonds is 16. The molecule has 12 heteroatoms. The first kappa shape index (κ1) is 26.7. The summed E-state index contributed by atoms with van der Waals surface area (Å²) in [5.74, 6) is -2.37. The highest BCUT2D eigenvalue weighted by atomic mass is 17.1. The topological polar surface area (TPSA) is 142 Å². The van der Waals surface area contributed by atoms with Crippen LogP contribution in [0.5, 0.6) is 0 Å². The van der Waals surface area contributed by atoms with Gasteiger partial charge in [-0.05, 0) is 0 Å². The van der Waals surface area contributed by atoms with Gasteiger partial charge >= 0.3 is 30.0 Å².